The summed E-state index contributed by atoms with van der Waals surface area (Å²) in [6.45, 7) is 3.72. The maximum atomic E-state index is 12.7. The number of alkyl halides is 3. The standard InChI is InChI=1S/C18H22F3N3O.HI/c1-17(9-5-11-25-17)13-24-16(22-2)23-10-4-7-14-6-3-8-15(12-14)18(19,20)21;/h3,6,8,12H,5,9-11,13H2,1-2H3,(H2,22,23,24);1H. The molecule has 0 amide bonds. The van der Waals surface area contributed by atoms with Crippen molar-refractivity contribution in [3.8, 4) is 11.8 Å². The lowest BCUT2D eigenvalue weighted by Crippen LogP contribution is -2.45. The number of nitrogens with zero attached hydrogens (tertiary/aromatic N) is 1. The molecule has 2 rings (SSSR count). The van der Waals surface area contributed by atoms with Gasteiger partial charge < -0.3 is 15.4 Å². The number of guanidine groups is 1. The number of ether oxygens (including phenoxy) is 1. The second kappa shape index (κ2) is 10.0. The summed E-state index contributed by atoms with van der Waals surface area (Å²) >= 11 is 0. The highest BCUT2D eigenvalue weighted by atomic mass is 127. The highest BCUT2D eigenvalue weighted by molar-refractivity contribution is 14.0. The van der Waals surface area contributed by atoms with Crippen molar-refractivity contribution in [2.24, 2.45) is 4.99 Å². The number of nitrogens with one attached hydrogen (secondary N) is 2. The van der Waals surface area contributed by atoms with Crippen LogP contribution >= 0.6 is 24.0 Å². The second-order valence-electron chi connectivity index (χ2n) is 6.06. The van der Waals surface area contributed by atoms with Crippen LogP contribution in [0.4, 0.5) is 13.2 Å². The normalized spacial score (nSPS) is 20.0. The lowest BCUT2D eigenvalue weighted by molar-refractivity contribution is -0.137. The predicted octanol–water partition coefficient (Wildman–Crippen LogP) is 3.41. The van der Waals surface area contributed by atoms with Gasteiger partial charge in [0.15, 0.2) is 5.96 Å². The predicted molar refractivity (Wildman–Crippen MR) is 107 cm³/mol. The van der Waals surface area contributed by atoms with E-state index < -0.39 is 11.7 Å². The molecule has 4 nitrogen and oxygen atoms in total. The van der Waals surface area contributed by atoms with Gasteiger partial charge in [-0.3, -0.25) is 4.99 Å². The van der Waals surface area contributed by atoms with Crippen molar-refractivity contribution in [3.63, 3.8) is 0 Å². The fourth-order valence-corrected chi connectivity index (χ4v) is 2.52. The van der Waals surface area contributed by atoms with Crippen LogP contribution in [0.3, 0.4) is 0 Å². The monoisotopic (exact) mass is 481 g/mol. The van der Waals surface area contributed by atoms with Crippen LogP contribution in [0.1, 0.15) is 30.9 Å². The molecule has 1 aliphatic heterocycles. The van der Waals surface area contributed by atoms with Gasteiger partial charge in [-0.05, 0) is 38.0 Å². The van der Waals surface area contributed by atoms with Gasteiger partial charge in [-0.2, -0.15) is 13.2 Å². The summed E-state index contributed by atoms with van der Waals surface area (Å²) in [5, 5.41) is 6.19. The van der Waals surface area contributed by atoms with Crippen molar-refractivity contribution in [2.75, 3.05) is 26.7 Å². The van der Waals surface area contributed by atoms with Gasteiger partial charge in [0, 0.05) is 25.8 Å². The Hall–Kier alpha value is -1.47. The molecule has 1 heterocycles. The van der Waals surface area contributed by atoms with E-state index in [1.807, 2.05) is 6.92 Å². The molecule has 0 aromatic heterocycles. The molecular weight excluding hydrogens is 458 g/mol. The molecule has 0 spiro atoms. The number of hydrogen-bond donors (Lipinski definition) is 2. The third-order valence-corrected chi connectivity index (χ3v) is 3.92. The minimum absolute atomic E-state index is 0. The molecule has 1 aromatic carbocycles. The van der Waals surface area contributed by atoms with Gasteiger partial charge in [0.25, 0.3) is 0 Å². The Balaban J connectivity index is 0.00000338. The summed E-state index contributed by atoms with van der Waals surface area (Å²) in [5.41, 5.74) is -0.567. The van der Waals surface area contributed by atoms with E-state index in [0.29, 0.717) is 18.1 Å². The van der Waals surface area contributed by atoms with E-state index in [2.05, 4.69) is 27.5 Å². The SMILES string of the molecule is CN=C(NCC#Cc1cccc(C(F)(F)F)c1)NCC1(C)CCCO1.I. The van der Waals surface area contributed by atoms with Crippen molar-refractivity contribution >= 4 is 29.9 Å². The molecule has 1 fully saturated rings. The molecule has 1 atom stereocenters. The summed E-state index contributed by atoms with van der Waals surface area (Å²) in [7, 11) is 1.65. The highest BCUT2D eigenvalue weighted by Crippen LogP contribution is 2.29. The van der Waals surface area contributed by atoms with Crippen molar-refractivity contribution in [1.82, 2.24) is 10.6 Å². The van der Waals surface area contributed by atoms with Crippen LogP contribution in [0, 0.1) is 11.8 Å². The van der Waals surface area contributed by atoms with Gasteiger partial charge in [0.2, 0.25) is 0 Å². The van der Waals surface area contributed by atoms with Gasteiger partial charge in [-0.15, -0.1) is 24.0 Å². The van der Waals surface area contributed by atoms with E-state index >= 15 is 0 Å². The van der Waals surface area contributed by atoms with Crippen molar-refractivity contribution in [2.45, 2.75) is 31.5 Å². The van der Waals surface area contributed by atoms with Crippen LogP contribution in [0.25, 0.3) is 0 Å². The Bertz CT molecular complexity index is 674. The Morgan fingerprint density at radius 1 is 1.35 bits per heavy atom. The third-order valence-electron chi connectivity index (χ3n) is 3.92. The Morgan fingerprint density at radius 3 is 2.73 bits per heavy atom. The van der Waals surface area contributed by atoms with Crippen molar-refractivity contribution in [3.05, 3.63) is 35.4 Å². The smallest absolute Gasteiger partial charge is 0.373 e. The molecule has 0 radical (unpaired) electrons. The first-order chi connectivity index (χ1) is 11.8. The second-order valence-corrected chi connectivity index (χ2v) is 6.06. The minimum Gasteiger partial charge on any atom is -0.373 e. The summed E-state index contributed by atoms with van der Waals surface area (Å²) in [5.74, 6) is 6.10. The summed E-state index contributed by atoms with van der Waals surface area (Å²) in [4.78, 5) is 4.09. The maximum Gasteiger partial charge on any atom is 0.416 e. The Morgan fingerprint density at radius 2 is 2.12 bits per heavy atom. The average molecular weight is 481 g/mol. The first-order valence-corrected chi connectivity index (χ1v) is 8.07. The van der Waals surface area contributed by atoms with Gasteiger partial charge in [0.1, 0.15) is 0 Å². The van der Waals surface area contributed by atoms with Gasteiger partial charge in [-0.1, -0.05) is 17.9 Å². The average Bonchev–Trinajstić information content (AvgIpc) is 3.01. The van der Waals surface area contributed by atoms with E-state index in [1.165, 1.54) is 6.07 Å². The summed E-state index contributed by atoms with van der Waals surface area (Å²) in [6, 6.07) is 4.97. The van der Waals surface area contributed by atoms with Crippen LogP contribution < -0.4 is 10.6 Å². The lowest BCUT2D eigenvalue weighted by Gasteiger charge is -2.24. The van der Waals surface area contributed by atoms with E-state index in [1.54, 1.807) is 13.1 Å². The van der Waals surface area contributed by atoms with Crippen molar-refractivity contribution < 1.29 is 17.9 Å². The summed E-state index contributed by atoms with van der Waals surface area (Å²) < 4.78 is 43.7. The van der Waals surface area contributed by atoms with Crippen LogP contribution in [0.5, 0.6) is 0 Å². The first-order valence-electron chi connectivity index (χ1n) is 8.07. The number of rotatable bonds is 3. The van der Waals surface area contributed by atoms with E-state index in [0.717, 1.165) is 31.6 Å². The fraction of sp³-hybridized carbons (Fsp3) is 0.500. The molecular formula is C18H23F3IN3O. The third kappa shape index (κ3) is 7.03. The number of halogens is 4. The zero-order chi connectivity index (χ0) is 18.3. The quantitative estimate of drug-likeness (QED) is 0.301. The van der Waals surface area contributed by atoms with Crippen LogP contribution in [-0.2, 0) is 10.9 Å². The van der Waals surface area contributed by atoms with Crippen LogP contribution in [0.15, 0.2) is 29.3 Å². The van der Waals surface area contributed by atoms with E-state index in [4.69, 9.17) is 4.74 Å². The maximum absolute atomic E-state index is 12.7. The van der Waals surface area contributed by atoms with Gasteiger partial charge in [0.05, 0.1) is 17.7 Å². The van der Waals surface area contributed by atoms with Gasteiger partial charge >= 0.3 is 6.18 Å². The number of hydrogen-bond acceptors (Lipinski definition) is 2. The molecule has 1 aliphatic rings. The van der Waals surface area contributed by atoms with Gasteiger partial charge in [-0.25, -0.2) is 0 Å². The van der Waals surface area contributed by atoms with E-state index in [-0.39, 0.29) is 36.1 Å². The molecule has 26 heavy (non-hydrogen) atoms. The lowest BCUT2D eigenvalue weighted by atomic mass is 10.0. The molecule has 0 aliphatic carbocycles. The topological polar surface area (TPSA) is 45.7 Å². The van der Waals surface area contributed by atoms with E-state index in [9.17, 15) is 13.2 Å². The molecule has 1 aromatic rings. The molecule has 1 saturated heterocycles. The molecule has 2 N–H and O–H groups in total. The zero-order valence-corrected chi connectivity index (χ0v) is 17.1. The first kappa shape index (κ1) is 22.6. The molecule has 1 unspecified atom stereocenters. The molecule has 144 valence electrons. The van der Waals surface area contributed by atoms with Crippen LogP contribution in [0.2, 0.25) is 0 Å². The molecule has 0 saturated carbocycles. The Kier molecular flexibility index (Phi) is 8.70. The largest absolute Gasteiger partial charge is 0.416 e. The van der Waals surface area contributed by atoms with Crippen molar-refractivity contribution in [1.29, 1.82) is 0 Å². The zero-order valence-electron chi connectivity index (χ0n) is 14.7. The number of benzene rings is 1. The molecule has 8 heteroatoms. The molecule has 0 bridgehead atoms. The number of aliphatic imine (C=N–C) groups is 1. The minimum atomic E-state index is -4.36. The highest BCUT2D eigenvalue weighted by Gasteiger charge is 2.30. The van der Waals surface area contributed by atoms with Crippen LogP contribution in [-0.4, -0.2) is 38.3 Å². The fourth-order valence-electron chi connectivity index (χ4n) is 2.52. The summed E-state index contributed by atoms with van der Waals surface area (Å²) in [6.07, 6.45) is -2.32. The Labute approximate surface area is 169 Å².